The van der Waals surface area contributed by atoms with Crippen molar-refractivity contribution in [1.29, 1.82) is 5.26 Å². The second kappa shape index (κ2) is 7.28. The van der Waals surface area contributed by atoms with Crippen LogP contribution in [0.1, 0.15) is 5.56 Å². The molecule has 0 aromatic heterocycles. The minimum Gasteiger partial charge on any atom is -0.480 e. The molecule has 0 saturated heterocycles. The van der Waals surface area contributed by atoms with Gasteiger partial charge in [0, 0.05) is 11.5 Å². The number of carbonyl (C=O) groups is 1. The summed E-state index contributed by atoms with van der Waals surface area (Å²) in [5.41, 5.74) is 5.59. The minimum atomic E-state index is -3.47. The number of carboxylic acid groups (broad SMARTS) is 1. The van der Waals surface area contributed by atoms with E-state index in [-0.39, 0.29) is 27.7 Å². The van der Waals surface area contributed by atoms with Gasteiger partial charge in [-0.2, -0.15) is 17.0 Å². The highest BCUT2D eigenvalue weighted by molar-refractivity contribution is 8.00. The molecule has 0 amide bonds. The first kappa shape index (κ1) is 16.5. The zero-order valence-corrected chi connectivity index (χ0v) is 12.2. The van der Waals surface area contributed by atoms with Crippen LogP contribution in [0.25, 0.3) is 0 Å². The number of aliphatic carboxylic acids is 1. The summed E-state index contributed by atoms with van der Waals surface area (Å²) < 4.78 is 24.0. The van der Waals surface area contributed by atoms with Gasteiger partial charge in [-0.1, -0.05) is 6.07 Å². The fraction of sp³-hybridized carbons (Fsp3) is 0.333. The number of hydrogen-bond acceptors (Lipinski definition) is 6. The van der Waals surface area contributed by atoms with Gasteiger partial charge < -0.3 is 10.8 Å². The summed E-state index contributed by atoms with van der Waals surface area (Å²) in [4.78, 5) is 10.6. The second-order valence-electron chi connectivity index (χ2n) is 3.98. The third-order valence-electron chi connectivity index (χ3n) is 2.43. The lowest BCUT2D eigenvalue weighted by Crippen LogP contribution is -2.32. The Hall–Kier alpha value is -1.56. The second-order valence-corrected chi connectivity index (χ2v) is 7.24. The molecule has 0 saturated carbocycles. The highest BCUT2D eigenvalue weighted by atomic mass is 32.2. The molecule has 0 aliphatic heterocycles. The van der Waals surface area contributed by atoms with Crippen molar-refractivity contribution in [2.24, 2.45) is 5.73 Å². The highest BCUT2D eigenvalue weighted by Crippen LogP contribution is 2.15. The van der Waals surface area contributed by atoms with Crippen LogP contribution in [0.3, 0.4) is 0 Å². The quantitative estimate of drug-likeness (QED) is 0.702. The number of nitriles is 1. The Kier molecular flexibility index (Phi) is 6.01. The van der Waals surface area contributed by atoms with Crippen LogP contribution in [0.15, 0.2) is 29.2 Å². The molecule has 0 heterocycles. The largest absolute Gasteiger partial charge is 0.480 e. The number of rotatable bonds is 7. The summed E-state index contributed by atoms with van der Waals surface area (Å²) in [7, 11) is -3.47. The summed E-state index contributed by atoms with van der Waals surface area (Å²) in [6.07, 6.45) is 0. The normalized spacial score (nSPS) is 12.6. The molecule has 6 nitrogen and oxygen atoms in total. The molecule has 0 spiro atoms. The monoisotopic (exact) mass is 314 g/mol. The van der Waals surface area contributed by atoms with Crippen LogP contribution in [0, 0.1) is 11.3 Å². The number of sulfone groups is 1. The molecule has 8 heteroatoms. The molecule has 1 aromatic carbocycles. The lowest BCUT2D eigenvalue weighted by molar-refractivity contribution is -0.137. The number of carboxylic acids is 1. The molecule has 1 aromatic rings. The lowest BCUT2D eigenvalue weighted by atomic mass is 10.2. The number of nitrogens with zero attached hydrogens (tertiary/aromatic N) is 1. The van der Waals surface area contributed by atoms with E-state index < -0.39 is 21.8 Å². The van der Waals surface area contributed by atoms with E-state index in [2.05, 4.69) is 0 Å². The molecular weight excluding hydrogens is 300 g/mol. The fourth-order valence-corrected chi connectivity index (χ4v) is 4.07. The third-order valence-corrected chi connectivity index (χ3v) is 5.49. The fourth-order valence-electron chi connectivity index (χ4n) is 1.33. The standard InChI is InChI=1S/C12H14N2O4S2/c13-7-9-2-1-3-10(6-9)20(17,18)5-4-19-8-11(14)12(15)16/h1-3,6,11H,4-5,8,14H2,(H,15,16)/t11-/m1/s1. The van der Waals surface area contributed by atoms with Crippen molar-refractivity contribution in [2.75, 3.05) is 17.3 Å². The molecule has 0 aliphatic rings. The van der Waals surface area contributed by atoms with Crippen molar-refractivity contribution in [3.05, 3.63) is 29.8 Å². The maximum absolute atomic E-state index is 12.0. The molecule has 108 valence electrons. The number of thioether (sulfide) groups is 1. The Balaban J connectivity index is 2.58. The zero-order valence-electron chi connectivity index (χ0n) is 10.5. The molecular formula is C12H14N2O4S2. The van der Waals surface area contributed by atoms with E-state index in [1.807, 2.05) is 6.07 Å². The topological polar surface area (TPSA) is 121 Å². The average Bonchev–Trinajstić information content (AvgIpc) is 2.43. The van der Waals surface area contributed by atoms with Crippen molar-refractivity contribution in [2.45, 2.75) is 10.9 Å². The Bertz CT molecular complexity index is 623. The zero-order chi connectivity index (χ0) is 15.2. The molecule has 0 unspecified atom stereocenters. The molecule has 0 bridgehead atoms. The van der Waals surface area contributed by atoms with Gasteiger partial charge in [-0.15, -0.1) is 0 Å². The van der Waals surface area contributed by atoms with Gasteiger partial charge in [0.15, 0.2) is 9.84 Å². The van der Waals surface area contributed by atoms with Gasteiger partial charge in [0.05, 0.1) is 22.3 Å². The molecule has 1 rings (SSSR count). The van der Waals surface area contributed by atoms with Crippen LogP contribution < -0.4 is 5.73 Å². The van der Waals surface area contributed by atoms with Gasteiger partial charge in [0.2, 0.25) is 0 Å². The van der Waals surface area contributed by atoms with E-state index in [1.54, 1.807) is 0 Å². The molecule has 0 aliphatic carbocycles. The highest BCUT2D eigenvalue weighted by Gasteiger charge is 2.16. The van der Waals surface area contributed by atoms with Crippen LogP contribution in [0.4, 0.5) is 0 Å². The third kappa shape index (κ3) is 4.85. The van der Waals surface area contributed by atoms with E-state index in [4.69, 9.17) is 16.1 Å². The van der Waals surface area contributed by atoms with E-state index in [1.165, 1.54) is 36.0 Å². The summed E-state index contributed by atoms with van der Waals surface area (Å²) in [6.45, 7) is 0. The summed E-state index contributed by atoms with van der Waals surface area (Å²) >= 11 is 1.17. The number of benzene rings is 1. The SMILES string of the molecule is N#Cc1cccc(S(=O)(=O)CCSC[C@@H](N)C(=O)O)c1. The molecule has 1 atom stereocenters. The van der Waals surface area contributed by atoms with E-state index >= 15 is 0 Å². The Morgan fingerprint density at radius 3 is 2.80 bits per heavy atom. The molecule has 0 fully saturated rings. The maximum Gasteiger partial charge on any atom is 0.321 e. The summed E-state index contributed by atoms with van der Waals surface area (Å²) in [5.74, 6) is -0.829. The van der Waals surface area contributed by atoms with Crippen LogP contribution in [-0.4, -0.2) is 42.8 Å². The van der Waals surface area contributed by atoms with Crippen LogP contribution in [0.2, 0.25) is 0 Å². The van der Waals surface area contributed by atoms with Gasteiger partial charge in [0.25, 0.3) is 0 Å². The smallest absolute Gasteiger partial charge is 0.321 e. The molecule has 0 radical (unpaired) electrons. The first-order valence-corrected chi connectivity index (χ1v) is 8.46. The minimum absolute atomic E-state index is 0.0969. The Morgan fingerprint density at radius 1 is 1.50 bits per heavy atom. The average molecular weight is 314 g/mol. The maximum atomic E-state index is 12.0. The van der Waals surface area contributed by atoms with E-state index in [9.17, 15) is 13.2 Å². The van der Waals surface area contributed by atoms with Crippen molar-refractivity contribution in [3.63, 3.8) is 0 Å². The number of nitrogens with two attached hydrogens (primary N) is 1. The van der Waals surface area contributed by atoms with Crippen molar-refractivity contribution in [3.8, 4) is 6.07 Å². The van der Waals surface area contributed by atoms with E-state index in [0.717, 1.165) is 0 Å². The van der Waals surface area contributed by atoms with Crippen molar-refractivity contribution in [1.82, 2.24) is 0 Å². The molecule has 20 heavy (non-hydrogen) atoms. The van der Waals surface area contributed by atoms with Gasteiger partial charge >= 0.3 is 5.97 Å². The molecule has 3 N–H and O–H groups in total. The van der Waals surface area contributed by atoms with Crippen LogP contribution in [0.5, 0.6) is 0 Å². The van der Waals surface area contributed by atoms with Crippen LogP contribution in [-0.2, 0) is 14.6 Å². The Labute approximate surface area is 121 Å². The van der Waals surface area contributed by atoms with Crippen molar-refractivity contribution >= 4 is 27.6 Å². The van der Waals surface area contributed by atoms with Crippen LogP contribution >= 0.6 is 11.8 Å². The van der Waals surface area contributed by atoms with Gasteiger partial charge in [-0.3, -0.25) is 4.79 Å². The predicted molar refractivity (Wildman–Crippen MR) is 76.1 cm³/mol. The van der Waals surface area contributed by atoms with Gasteiger partial charge in [-0.25, -0.2) is 8.42 Å². The predicted octanol–water partition coefficient (Wildman–Crippen LogP) is 0.477. The summed E-state index contributed by atoms with van der Waals surface area (Å²) in [5, 5.41) is 17.3. The number of hydrogen-bond donors (Lipinski definition) is 2. The lowest BCUT2D eigenvalue weighted by Gasteiger charge is -2.07. The van der Waals surface area contributed by atoms with Gasteiger partial charge in [0.1, 0.15) is 6.04 Å². The first-order chi connectivity index (χ1) is 9.36. The van der Waals surface area contributed by atoms with E-state index in [0.29, 0.717) is 0 Å². The first-order valence-electron chi connectivity index (χ1n) is 5.66. The Morgan fingerprint density at radius 2 is 2.20 bits per heavy atom. The van der Waals surface area contributed by atoms with Gasteiger partial charge in [-0.05, 0) is 18.2 Å². The summed E-state index contributed by atoms with van der Waals surface area (Å²) in [6, 6.07) is 6.68. The van der Waals surface area contributed by atoms with Crippen molar-refractivity contribution < 1.29 is 18.3 Å².